The molecule has 0 aliphatic carbocycles. The number of aromatic nitrogens is 2. The molecule has 0 unspecified atom stereocenters. The van der Waals surface area contributed by atoms with Crippen LogP contribution in [-0.4, -0.2) is 47.1 Å². The average Bonchev–Trinajstić information content (AvgIpc) is 2.64. The van der Waals surface area contributed by atoms with Gasteiger partial charge in [-0.2, -0.15) is 4.98 Å². The summed E-state index contributed by atoms with van der Waals surface area (Å²) in [4.78, 5) is 22.3. The zero-order chi connectivity index (χ0) is 16.9. The van der Waals surface area contributed by atoms with Crippen LogP contribution in [0.2, 0.25) is 5.02 Å². The SMILES string of the molecule is COc1nccc(C(=O)N2CCC(Oc3ccccc3Cl)CC2)n1. The van der Waals surface area contributed by atoms with Crippen molar-refractivity contribution in [1.29, 1.82) is 0 Å². The zero-order valence-electron chi connectivity index (χ0n) is 13.3. The van der Waals surface area contributed by atoms with Crippen molar-refractivity contribution in [2.45, 2.75) is 18.9 Å². The van der Waals surface area contributed by atoms with Gasteiger partial charge in [-0.3, -0.25) is 4.79 Å². The van der Waals surface area contributed by atoms with Gasteiger partial charge in [0.2, 0.25) is 0 Å². The second-order valence-corrected chi connectivity index (χ2v) is 5.88. The van der Waals surface area contributed by atoms with E-state index in [0.717, 1.165) is 12.8 Å². The van der Waals surface area contributed by atoms with E-state index in [2.05, 4.69) is 9.97 Å². The third kappa shape index (κ3) is 3.76. The predicted molar refractivity (Wildman–Crippen MR) is 89.6 cm³/mol. The number of hydrogen-bond donors (Lipinski definition) is 0. The number of likely N-dealkylation sites (tertiary alicyclic amines) is 1. The van der Waals surface area contributed by atoms with Gasteiger partial charge in [0, 0.05) is 32.1 Å². The molecule has 1 amide bonds. The molecule has 0 bridgehead atoms. The molecule has 3 rings (SSSR count). The van der Waals surface area contributed by atoms with Gasteiger partial charge < -0.3 is 14.4 Å². The van der Waals surface area contributed by atoms with E-state index in [4.69, 9.17) is 21.1 Å². The molecule has 1 aliphatic heterocycles. The number of halogens is 1. The Morgan fingerprint density at radius 3 is 2.71 bits per heavy atom. The van der Waals surface area contributed by atoms with Crippen LogP contribution < -0.4 is 9.47 Å². The molecule has 0 atom stereocenters. The van der Waals surface area contributed by atoms with Gasteiger partial charge in [0.1, 0.15) is 17.5 Å². The van der Waals surface area contributed by atoms with Crippen molar-refractivity contribution in [1.82, 2.24) is 14.9 Å². The highest BCUT2D eigenvalue weighted by molar-refractivity contribution is 6.32. The van der Waals surface area contributed by atoms with E-state index in [1.807, 2.05) is 18.2 Å². The summed E-state index contributed by atoms with van der Waals surface area (Å²) < 4.78 is 10.9. The first-order chi connectivity index (χ1) is 11.7. The van der Waals surface area contributed by atoms with E-state index in [9.17, 15) is 4.79 Å². The van der Waals surface area contributed by atoms with Crippen molar-refractivity contribution in [2.24, 2.45) is 0 Å². The minimum Gasteiger partial charge on any atom is -0.489 e. The number of benzene rings is 1. The fourth-order valence-corrected chi connectivity index (χ4v) is 2.80. The lowest BCUT2D eigenvalue weighted by Gasteiger charge is -2.32. The minimum absolute atomic E-state index is 0.0499. The number of amides is 1. The minimum atomic E-state index is -0.119. The van der Waals surface area contributed by atoms with Crippen molar-refractivity contribution in [2.75, 3.05) is 20.2 Å². The Morgan fingerprint density at radius 2 is 2.00 bits per heavy atom. The summed E-state index contributed by atoms with van der Waals surface area (Å²) in [6.45, 7) is 1.22. The molecule has 1 aromatic heterocycles. The van der Waals surface area contributed by atoms with E-state index in [-0.39, 0.29) is 18.0 Å². The summed E-state index contributed by atoms with van der Waals surface area (Å²) in [7, 11) is 1.47. The molecule has 2 aromatic rings. The molecule has 0 saturated carbocycles. The number of carbonyl (C=O) groups excluding carboxylic acids is 1. The van der Waals surface area contributed by atoms with Gasteiger partial charge in [-0.05, 0) is 18.2 Å². The first-order valence-corrected chi connectivity index (χ1v) is 8.12. The maximum atomic E-state index is 12.5. The van der Waals surface area contributed by atoms with Crippen molar-refractivity contribution in [3.63, 3.8) is 0 Å². The molecular weight excluding hydrogens is 330 g/mol. The Morgan fingerprint density at radius 1 is 1.25 bits per heavy atom. The molecule has 7 heteroatoms. The monoisotopic (exact) mass is 347 g/mol. The van der Waals surface area contributed by atoms with E-state index in [0.29, 0.717) is 29.6 Å². The smallest absolute Gasteiger partial charge is 0.316 e. The van der Waals surface area contributed by atoms with Crippen molar-refractivity contribution >= 4 is 17.5 Å². The maximum Gasteiger partial charge on any atom is 0.316 e. The standard InChI is InChI=1S/C17H18ClN3O3/c1-23-17-19-9-6-14(20-17)16(22)21-10-7-12(8-11-21)24-15-5-3-2-4-13(15)18/h2-6,9,12H,7-8,10-11H2,1H3. The summed E-state index contributed by atoms with van der Waals surface area (Å²) in [5, 5.41) is 0.601. The van der Waals surface area contributed by atoms with Crippen molar-refractivity contribution in [3.05, 3.63) is 47.2 Å². The number of methoxy groups -OCH3 is 1. The molecule has 0 radical (unpaired) electrons. The van der Waals surface area contributed by atoms with Gasteiger partial charge >= 0.3 is 6.01 Å². The lowest BCUT2D eigenvalue weighted by atomic mass is 10.1. The lowest BCUT2D eigenvalue weighted by molar-refractivity contribution is 0.0589. The van der Waals surface area contributed by atoms with Crippen LogP contribution in [0.25, 0.3) is 0 Å². The van der Waals surface area contributed by atoms with Crippen LogP contribution >= 0.6 is 11.6 Å². The van der Waals surface area contributed by atoms with Crippen molar-refractivity contribution in [3.8, 4) is 11.8 Å². The predicted octanol–water partition coefficient (Wildman–Crippen LogP) is 2.82. The molecule has 0 spiro atoms. The van der Waals surface area contributed by atoms with Crippen LogP contribution in [0.5, 0.6) is 11.8 Å². The Bertz CT molecular complexity index is 718. The molecular formula is C17H18ClN3O3. The maximum absolute atomic E-state index is 12.5. The average molecular weight is 348 g/mol. The normalized spacial score (nSPS) is 15.2. The Balaban J connectivity index is 1.58. The largest absolute Gasteiger partial charge is 0.489 e. The zero-order valence-corrected chi connectivity index (χ0v) is 14.1. The van der Waals surface area contributed by atoms with Crippen LogP contribution in [0.1, 0.15) is 23.3 Å². The molecule has 1 aromatic carbocycles. The Kier molecular flexibility index (Phi) is 5.15. The summed E-state index contributed by atoms with van der Waals surface area (Å²) >= 11 is 6.12. The van der Waals surface area contributed by atoms with Crippen LogP contribution in [0, 0.1) is 0 Å². The van der Waals surface area contributed by atoms with Gasteiger partial charge in [0.25, 0.3) is 5.91 Å². The van der Waals surface area contributed by atoms with Gasteiger partial charge in [0.05, 0.1) is 12.1 Å². The van der Waals surface area contributed by atoms with Gasteiger partial charge in [-0.15, -0.1) is 0 Å². The lowest BCUT2D eigenvalue weighted by Crippen LogP contribution is -2.42. The summed E-state index contributed by atoms with van der Waals surface area (Å²) in [5.74, 6) is 0.566. The Labute approximate surface area is 145 Å². The van der Waals surface area contributed by atoms with E-state index in [1.165, 1.54) is 13.3 Å². The van der Waals surface area contributed by atoms with Crippen LogP contribution in [0.3, 0.4) is 0 Å². The second-order valence-electron chi connectivity index (χ2n) is 5.47. The number of hydrogen-bond acceptors (Lipinski definition) is 5. The number of para-hydroxylation sites is 1. The first kappa shape index (κ1) is 16.5. The molecule has 1 aliphatic rings. The third-order valence-corrected chi connectivity index (χ3v) is 4.21. The number of nitrogens with zero attached hydrogens (tertiary/aromatic N) is 3. The van der Waals surface area contributed by atoms with E-state index >= 15 is 0 Å². The first-order valence-electron chi connectivity index (χ1n) is 7.75. The number of ether oxygens (including phenoxy) is 2. The molecule has 126 valence electrons. The molecule has 2 heterocycles. The molecule has 6 nitrogen and oxygen atoms in total. The van der Waals surface area contributed by atoms with Crippen LogP contribution in [0.15, 0.2) is 36.5 Å². The fraction of sp³-hybridized carbons (Fsp3) is 0.353. The molecule has 24 heavy (non-hydrogen) atoms. The van der Waals surface area contributed by atoms with E-state index < -0.39 is 0 Å². The molecule has 1 saturated heterocycles. The Hall–Kier alpha value is -2.34. The van der Waals surface area contributed by atoms with Crippen LogP contribution in [0.4, 0.5) is 0 Å². The van der Waals surface area contributed by atoms with E-state index in [1.54, 1.807) is 17.0 Å². The quantitative estimate of drug-likeness (QED) is 0.851. The summed E-state index contributed by atoms with van der Waals surface area (Å²) in [5.41, 5.74) is 0.340. The number of rotatable bonds is 4. The fourth-order valence-electron chi connectivity index (χ4n) is 2.62. The topological polar surface area (TPSA) is 64.5 Å². The molecule has 1 fully saturated rings. The highest BCUT2D eigenvalue weighted by atomic mass is 35.5. The summed E-state index contributed by atoms with van der Waals surface area (Å²) in [6, 6.07) is 9.20. The number of piperidine rings is 1. The van der Waals surface area contributed by atoms with Crippen LogP contribution in [-0.2, 0) is 0 Å². The highest BCUT2D eigenvalue weighted by Gasteiger charge is 2.26. The van der Waals surface area contributed by atoms with Gasteiger partial charge in [-0.25, -0.2) is 4.98 Å². The number of carbonyl (C=O) groups is 1. The molecule has 0 N–H and O–H groups in total. The second kappa shape index (κ2) is 7.49. The third-order valence-electron chi connectivity index (χ3n) is 3.89. The van der Waals surface area contributed by atoms with Gasteiger partial charge in [-0.1, -0.05) is 23.7 Å². The van der Waals surface area contributed by atoms with Gasteiger partial charge in [0.15, 0.2) is 0 Å². The van der Waals surface area contributed by atoms with Crippen molar-refractivity contribution < 1.29 is 14.3 Å². The highest BCUT2D eigenvalue weighted by Crippen LogP contribution is 2.27. The summed E-state index contributed by atoms with van der Waals surface area (Å²) in [6.07, 6.45) is 3.07.